The van der Waals surface area contributed by atoms with Gasteiger partial charge in [-0.1, -0.05) is 6.07 Å². The highest BCUT2D eigenvalue weighted by Gasteiger charge is 2.37. The van der Waals surface area contributed by atoms with E-state index in [1.807, 2.05) is 0 Å². The maximum atomic E-state index is 12.7. The van der Waals surface area contributed by atoms with Crippen LogP contribution in [-0.4, -0.2) is 12.1 Å². The molecular weight excluding hydrogens is 255 g/mol. The molecule has 0 saturated carbocycles. The van der Waals surface area contributed by atoms with Crippen LogP contribution >= 0.6 is 0 Å². The van der Waals surface area contributed by atoms with E-state index in [4.69, 9.17) is 4.74 Å². The minimum atomic E-state index is -4.29. The third kappa shape index (κ3) is 2.37. The van der Waals surface area contributed by atoms with Gasteiger partial charge in [-0.3, -0.25) is 0 Å². The Bertz CT molecular complexity index is 486. The highest BCUT2D eigenvalue weighted by Crippen LogP contribution is 2.38. The van der Waals surface area contributed by atoms with Crippen molar-refractivity contribution >= 4 is 0 Å². The molecule has 3 atom stereocenters. The Balaban J connectivity index is 1.95. The summed E-state index contributed by atoms with van der Waals surface area (Å²) in [4.78, 5) is 0. The zero-order valence-electron chi connectivity index (χ0n) is 10.6. The van der Waals surface area contributed by atoms with Gasteiger partial charge in [0, 0.05) is 6.04 Å². The SMILES string of the molecule is CC1CCC2OCc3cc(C(F)(F)F)ccc3C2N1. The third-order valence-corrected chi connectivity index (χ3v) is 3.98. The molecule has 1 aromatic rings. The van der Waals surface area contributed by atoms with E-state index < -0.39 is 11.7 Å². The lowest BCUT2D eigenvalue weighted by Gasteiger charge is -2.40. The van der Waals surface area contributed by atoms with Crippen LogP contribution in [0.25, 0.3) is 0 Å². The second-order valence-corrected chi connectivity index (χ2v) is 5.38. The number of halogens is 3. The van der Waals surface area contributed by atoms with E-state index >= 15 is 0 Å². The van der Waals surface area contributed by atoms with Gasteiger partial charge >= 0.3 is 6.18 Å². The lowest BCUT2D eigenvalue weighted by atomic mass is 9.86. The van der Waals surface area contributed by atoms with Crippen molar-refractivity contribution in [2.75, 3.05) is 0 Å². The van der Waals surface area contributed by atoms with Crippen LogP contribution in [0.2, 0.25) is 0 Å². The maximum absolute atomic E-state index is 12.7. The predicted octanol–water partition coefficient (Wildman–Crippen LogP) is 3.42. The fourth-order valence-electron chi connectivity index (χ4n) is 2.96. The second-order valence-electron chi connectivity index (χ2n) is 5.38. The number of alkyl halides is 3. The van der Waals surface area contributed by atoms with Gasteiger partial charge in [0.05, 0.1) is 24.3 Å². The molecule has 2 aliphatic rings. The van der Waals surface area contributed by atoms with Crippen LogP contribution < -0.4 is 5.32 Å². The number of hydrogen-bond acceptors (Lipinski definition) is 2. The molecule has 0 aromatic heterocycles. The Morgan fingerprint density at radius 2 is 2.05 bits per heavy atom. The lowest BCUT2D eigenvalue weighted by molar-refractivity contribution is -0.137. The summed E-state index contributed by atoms with van der Waals surface area (Å²) < 4.78 is 43.8. The van der Waals surface area contributed by atoms with Gasteiger partial charge in [0.1, 0.15) is 0 Å². The van der Waals surface area contributed by atoms with Gasteiger partial charge in [-0.05, 0) is 43.0 Å². The monoisotopic (exact) mass is 271 g/mol. The van der Waals surface area contributed by atoms with Crippen molar-refractivity contribution in [1.29, 1.82) is 0 Å². The Hall–Kier alpha value is -1.07. The largest absolute Gasteiger partial charge is 0.416 e. The molecule has 1 fully saturated rings. The van der Waals surface area contributed by atoms with Crippen LogP contribution in [0.5, 0.6) is 0 Å². The van der Waals surface area contributed by atoms with E-state index in [0.717, 1.165) is 18.4 Å². The molecule has 1 N–H and O–H groups in total. The number of piperidine rings is 1. The van der Waals surface area contributed by atoms with E-state index in [1.165, 1.54) is 12.1 Å². The molecule has 3 unspecified atom stereocenters. The number of nitrogens with one attached hydrogen (secondary N) is 1. The maximum Gasteiger partial charge on any atom is 0.416 e. The fourth-order valence-corrected chi connectivity index (χ4v) is 2.96. The van der Waals surface area contributed by atoms with Gasteiger partial charge in [0.2, 0.25) is 0 Å². The van der Waals surface area contributed by atoms with E-state index in [1.54, 1.807) is 6.07 Å². The number of ether oxygens (including phenoxy) is 1. The van der Waals surface area contributed by atoms with Crippen molar-refractivity contribution in [3.05, 3.63) is 34.9 Å². The molecule has 0 radical (unpaired) electrons. The zero-order chi connectivity index (χ0) is 13.6. The highest BCUT2D eigenvalue weighted by atomic mass is 19.4. The van der Waals surface area contributed by atoms with Gasteiger partial charge < -0.3 is 10.1 Å². The number of hydrogen-bond donors (Lipinski definition) is 1. The van der Waals surface area contributed by atoms with Crippen LogP contribution in [-0.2, 0) is 17.5 Å². The first-order valence-corrected chi connectivity index (χ1v) is 6.53. The van der Waals surface area contributed by atoms with Gasteiger partial charge in [-0.2, -0.15) is 13.2 Å². The van der Waals surface area contributed by atoms with Crippen molar-refractivity contribution in [3.8, 4) is 0 Å². The van der Waals surface area contributed by atoms with Crippen molar-refractivity contribution < 1.29 is 17.9 Å². The molecule has 0 aliphatic carbocycles. The molecule has 3 rings (SSSR count). The standard InChI is InChI=1S/C14H16F3NO/c1-8-2-5-12-13(18-8)11-4-3-10(14(15,16)17)6-9(11)7-19-12/h3-4,6,8,12-13,18H,2,5,7H2,1H3. The summed E-state index contributed by atoms with van der Waals surface area (Å²) in [6.07, 6.45) is -2.21. The minimum Gasteiger partial charge on any atom is -0.372 e. The van der Waals surface area contributed by atoms with Crippen LogP contribution in [0.3, 0.4) is 0 Å². The molecule has 2 nitrogen and oxygen atoms in total. The van der Waals surface area contributed by atoms with E-state index in [0.29, 0.717) is 11.6 Å². The van der Waals surface area contributed by atoms with Gasteiger partial charge in [-0.15, -0.1) is 0 Å². The lowest BCUT2D eigenvalue weighted by Crippen LogP contribution is -2.46. The summed E-state index contributed by atoms with van der Waals surface area (Å²) in [5.74, 6) is 0. The molecule has 2 aliphatic heterocycles. The smallest absolute Gasteiger partial charge is 0.372 e. The summed E-state index contributed by atoms with van der Waals surface area (Å²) in [6.45, 7) is 2.37. The summed E-state index contributed by atoms with van der Waals surface area (Å²) in [6, 6.07) is 4.38. The first kappa shape index (κ1) is 12.9. The van der Waals surface area contributed by atoms with Gasteiger partial charge in [0.15, 0.2) is 0 Å². The second kappa shape index (κ2) is 4.49. The van der Waals surface area contributed by atoms with Gasteiger partial charge in [0.25, 0.3) is 0 Å². The quantitative estimate of drug-likeness (QED) is 0.780. The summed E-state index contributed by atoms with van der Waals surface area (Å²) >= 11 is 0. The molecule has 0 bridgehead atoms. The van der Waals surface area contributed by atoms with Crippen LogP contribution in [0.4, 0.5) is 13.2 Å². The first-order chi connectivity index (χ1) is 8.95. The number of rotatable bonds is 0. The highest BCUT2D eigenvalue weighted by molar-refractivity contribution is 5.37. The average Bonchev–Trinajstić information content (AvgIpc) is 2.36. The van der Waals surface area contributed by atoms with Gasteiger partial charge in [-0.25, -0.2) is 0 Å². The van der Waals surface area contributed by atoms with Crippen LogP contribution in [0.15, 0.2) is 18.2 Å². The van der Waals surface area contributed by atoms with E-state index in [9.17, 15) is 13.2 Å². The molecule has 1 saturated heterocycles. The number of fused-ring (bicyclic) bond motifs is 3. The summed E-state index contributed by atoms with van der Waals surface area (Å²) in [5.41, 5.74) is 1.01. The predicted molar refractivity (Wildman–Crippen MR) is 64.6 cm³/mol. The summed E-state index contributed by atoms with van der Waals surface area (Å²) in [5, 5.41) is 3.43. The van der Waals surface area contributed by atoms with Crippen LogP contribution in [0, 0.1) is 0 Å². The van der Waals surface area contributed by atoms with E-state index in [-0.39, 0.29) is 18.8 Å². The molecular formula is C14H16F3NO. The fraction of sp³-hybridized carbons (Fsp3) is 0.571. The third-order valence-electron chi connectivity index (χ3n) is 3.98. The number of benzene rings is 1. The molecule has 19 heavy (non-hydrogen) atoms. The Kier molecular flexibility index (Phi) is 3.06. The minimum absolute atomic E-state index is 0.0229. The molecule has 0 spiro atoms. The Morgan fingerprint density at radius 3 is 2.79 bits per heavy atom. The normalized spacial score (nSPS) is 30.6. The Morgan fingerprint density at radius 1 is 1.26 bits per heavy atom. The van der Waals surface area contributed by atoms with Crippen molar-refractivity contribution in [1.82, 2.24) is 5.32 Å². The topological polar surface area (TPSA) is 21.3 Å². The molecule has 1 aromatic carbocycles. The average molecular weight is 271 g/mol. The van der Waals surface area contributed by atoms with Crippen molar-refractivity contribution in [3.63, 3.8) is 0 Å². The molecule has 0 amide bonds. The molecule has 5 heteroatoms. The Labute approximate surface area is 109 Å². The van der Waals surface area contributed by atoms with E-state index in [2.05, 4.69) is 12.2 Å². The molecule has 2 heterocycles. The first-order valence-electron chi connectivity index (χ1n) is 6.53. The van der Waals surface area contributed by atoms with Crippen molar-refractivity contribution in [2.24, 2.45) is 0 Å². The molecule has 104 valence electrons. The zero-order valence-corrected chi connectivity index (χ0v) is 10.6. The van der Waals surface area contributed by atoms with Crippen molar-refractivity contribution in [2.45, 2.75) is 50.7 Å². The van der Waals surface area contributed by atoms with Crippen LogP contribution in [0.1, 0.15) is 42.5 Å². The summed E-state index contributed by atoms with van der Waals surface area (Å²) in [7, 11) is 0.